The highest BCUT2D eigenvalue weighted by atomic mass is 32.2. The van der Waals surface area contributed by atoms with Crippen LogP contribution in [0.3, 0.4) is 0 Å². The Labute approximate surface area is 118 Å². The first kappa shape index (κ1) is 14.5. The Hall–Kier alpha value is -1.89. The van der Waals surface area contributed by atoms with Crippen LogP contribution in [0.4, 0.5) is 5.69 Å². The Morgan fingerprint density at radius 2 is 2.10 bits per heavy atom. The van der Waals surface area contributed by atoms with E-state index in [4.69, 9.17) is 5.73 Å². The fraction of sp³-hybridized carbons (Fsp3) is 0.385. The third kappa shape index (κ3) is 2.98. The van der Waals surface area contributed by atoms with Gasteiger partial charge in [0.25, 0.3) is 0 Å². The van der Waals surface area contributed by atoms with Crippen LogP contribution < -0.4 is 5.73 Å². The molecule has 0 bridgehead atoms. The van der Waals surface area contributed by atoms with E-state index in [2.05, 4.69) is 10.1 Å². The van der Waals surface area contributed by atoms with Crippen LogP contribution >= 0.6 is 0 Å². The smallest absolute Gasteiger partial charge is 0.187 e. The van der Waals surface area contributed by atoms with E-state index in [1.165, 1.54) is 6.33 Å². The molecule has 108 valence electrons. The Bertz CT molecular complexity index is 707. The third-order valence-corrected chi connectivity index (χ3v) is 4.63. The van der Waals surface area contributed by atoms with E-state index >= 15 is 0 Å². The van der Waals surface area contributed by atoms with E-state index in [-0.39, 0.29) is 16.3 Å². The second kappa shape index (κ2) is 5.62. The molecule has 0 aliphatic carbocycles. The molecule has 1 aromatic carbocycles. The minimum atomic E-state index is -3.52. The van der Waals surface area contributed by atoms with Crippen molar-refractivity contribution in [2.45, 2.75) is 37.5 Å². The van der Waals surface area contributed by atoms with Crippen LogP contribution in [-0.2, 0) is 22.1 Å². The first-order chi connectivity index (χ1) is 9.44. The molecule has 0 atom stereocenters. The lowest BCUT2D eigenvalue weighted by molar-refractivity contribution is 0.566. The molecule has 0 saturated heterocycles. The van der Waals surface area contributed by atoms with E-state index in [9.17, 15) is 8.42 Å². The quantitative estimate of drug-likeness (QED) is 0.845. The van der Waals surface area contributed by atoms with E-state index in [1.54, 1.807) is 22.9 Å². The van der Waals surface area contributed by atoms with E-state index < -0.39 is 9.84 Å². The van der Waals surface area contributed by atoms with Crippen LogP contribution in [0.2, 0.25) is 0 Å². The number of nitrogens with two attached hydrogens (primary N) is 1. The molecule has 7 heteroatoms. The van der Waals surface area contributed by atoms with Gasteiger partial charge in [-0.05, 0) is 31.0 Å². The van der Waals surface area contributed by atoms with Gasteiger partial charge in [-0.2, -0.15) is 5.10 Å². The van der Waals surface area contributed by atoms with E-state index in [1.807, 2.05) is 13.8 Å². The summed E-state index contributed by atoms with van der Waals surface area (Å²) in [6.45, 7) is 4.51. The summed E-state index contributed by atoms with van der Waals surface area (Å²) in [7, 11) is -3.52. The molecule has 0 saturated carbocycles. The summed E-state index contributed by atoms with van der Waals surface area (Å²) >= 11 is 0. The number of hydrogen-bond donors (Lipinski definition) is 1. The van der Waals surface area contributed by atoms with Gasteiger partial charge in [0.05, 0.1) is 10.6 Å². The van der Waals surface area contributed by atoms with Crippen molar-refractivity contribution in [1.82, 2.24) is 14.8 Å². The second-order valence-corrected chi connectivity index (χ2v) is 6.66. The van der Waals surface area contributed by atoms with Crippen LogP contribution in [0.1, 0.15) is 24.7 Å². The molecule has 1 heterocycles. The minimum absolute atomic E-state index is 0.147. The van der Waals surface area contributed by atoms with Crippen LogP contribution in [-0.4, -0.2) is 23.2 Å². The summed E-state index contributed by atoms with van der Waals surface area (Å²) < 4.78 is 26.5. The largest absolute Gasteiger partial charge is 0.398 e. The monoisotopic (exact) mass is 294 g/mol. The molecule has 0 amide bonds. The van der Waals surface area contributed by atoms with Crippen LogP contribution in [0, 0.1) is 6.92 Å². The summed E-state index contributed by atoms with van der Waals surface area (Å²) in [5, 5.41) is 4.03. The fourth-order valence-electron chi connectivity index (χ4n) is 2.00. The number of nitrogens with zero attached hydrogens (tertiary/aromatic N) is 3. The van der Waals surface area contributed by atoms with Gasteiger partial charge in [0, 0.05) is 6.54 Å². The first-order valence-electron chi connectivity index (χ1n) is 6.39. The average molecular weight is 294 g/mol. The number of aromatic nitrogens is 3. The van der Waals surface area contributed by atoms with Gasteiger partial charge in [-0.1, -0.05) is 13.0 Å². The maximum atomic E-state index is 12.4. The highest BCUT2D eigenvalue weighted by molar-refractivity contribution is 7.90. The lowest BCUT2D eigenvalue weighted by atomic mass is 10.2. The Balaban J connectivity index is 2.33. The number of sulfone groups is 1. The first-order valence-corrected chi connectivity index (χ1v) is 8.05. The van der Waals surface area contributed by atoms with Gasteiger partial charge < -0.3 is 5.73 Å². The molecule has 6 nitrogen and oxygen atoms in total. The zero-order chi connectivity index (χ0) is 14.8. The number of benzene rings is 1. The van der Waals surface area contributed by atoms with Gasteiger partial charge in [0.1, 0.15) is 17.9 Å². The predicted molar refractivity (Wildman–Crippen MR) is 76.8 cm³/mol. The van der Waals surface area contributed by atoms with Crippen molar-refractivity contribution >= 4 is 15.5 Å². The van der Waals surface area contributed by atoms with Crippen molar-refractivity contribution in [2.24, 2.45) is 0 Å². The highest BCUT2D eigenvalue weighted by Gasteiger charge is 2.21. The molecule has 2 aromatic rings. The number of anilines is 1. The molecule has 2 N–H and O–H groups in total. The van der Waals surface area contributed by atoms with Gasteiger partial charge in [-0.15, -0.1) is 0 Å². The van der Waals surface area contributed by atoms with Crippen molar-refractivity contribution in [2.75, 3.05) is 5.73 Å². The molecular formula is C13H18N4O2S. The molecule has 0 aliphatic heterocycles. The molecule has 0 spiro atoms. The fourth-order valence-corrected chi connectivity index (χ4v) is 3.41. The van der Waals surface area contributed by atoms with Crippen molar-refractivity contribution in [3.63, 3.8) is 0 Å². The summed E-state index contributed by atoms with van der Waals surface area (Å²) in [6.07, 6.45) is 2.24. The van der Waals surface area contributed by atoms with E-state index in [0.29, 0.717) is 12.4 Å². The standard InChI is InChI=1S/C13H18N4O2S/c1-3-6-17-13(15-9-16-17)8-20(18,19)12-5-4-10(2)7-11(12)14/h4-5,7,9H,3,6,8,14H2,1-2H3. The molecule has 0 aliphatic rings. The number of rotatable bonds is 5. The number of hydrogen-bond acceptors (Lipinski definition) is 5. The lowest BCUT2D eigenvalue weighted by Gasteiger charge is -2.09. The lowest BCUT2D eigenvalue weighted by Crippen LogP contribution is -2.13. The minimum Gasteiger partial charge on any atom is -0.398 e. The van der Waals surface area contributed by atoms with Gasteiger partial charge in [-0.3, -0.25) is 0 Å². The van der Waals surface area contributed by atoms with Gasteiger partial charge in [-0.25, -0.2) is 18.1 Å². The Morgan fingerprint density at radius 1 is 1.35 bits per heavy atom. The van der Waals surface area contributed by atoms with Crippen molar-refractivity contribution in [1.29, 1.82) is 0 Å². The summed E-state index contributed by atoms with van der Waals surface area (Å²) in [6, 6.07) is 4.93. The summed E-state index contributed by atoms with van der Waals surface area (Å²) in [5.74, 6) is 0.243. The molecule has 0 radical (unpaired) electrons. The zero-order valence-electron chi connectivity index (χ0n) is 11.6. The molecule has 0 fully saturated rings. The number of aryl methyl sites for hydroxylation is 2. The SMILES string of the molecule is CCCn1ncnc1CS(=O)(=O)c1ccc(C)cc1N. The van der Waals surface area contributed by atoms with Gasteiger partial charge in [0.2, 0.25) is 0 Å². The normalized spacial score (nSPS) is 11.7. The Kier molecular flexibility index (Phi) is 4.08. The molecule has 1 aromatic heterocycles. The topological polar surface area (TPSA) is 90.9 Å². The Morgan fingerprint density at radius 3 is 2.75 bits per heavy atom. The maximum absolute atomic E-state index is 12.4. The summed E-state index contributed by atoms with van der Waals surface area (Å²) in [5.41, 5.74) is 7.01. The van der Waals surface area contributed by atoms with Crippen LogP contribution in [0.25, 0.3) is 0 Å². The van der Waals surface area contributed by atoms with Crippen molar-refractivity contribution in [3.05, 3.63) is 35.9 Å². The number of nitrogen functional groups attached to an aromatic ring is 1. The molecular weight excluding hydrogens is 276 g/mol. The van der Waals surface area contributed by atoms with E-state index in [0.717, 1.165) is 12.0 Å². The predicted octanol–water partition coefficient (Wildman–Crippen LogP) is 1.55. The second-order valence-electron chi connectivity index (χ2n) is 4.70. The maximum Gasteiger partial charge on any atom is 0.187 e. The molecule has 0 unspecified atom stereocenters. The highest BCUT2D eigenvalue weighted by Crippen LogP contribution is 2.23. The molecule has 20 heavy (non-hydrogen) atoms. The van der Waals surface area contributed by atoms with Gasteiger partial charge in [0.15, 0.2) is 9.84 Å². The van der Waals surface area contributed by atoms with Crippen LogP contribution in [0.15, 0.2) is 29.4 Å². The zero-order valence-corrected chi connectivity index (χ0v) is 12.4. The van der Waals surface area contributed by atoms with Crippen molar-refractivity contribution in [3.8, 4) is 0 Å². The van der Waals surface area contributed by atoms with Crippen molar-refractivity contribution < 1.29 is 8.42 Å². The summed E-state index contributed by atoms with van der Waals surface area (Å²) in [4.78, 5) is 4.17. The third-order valence-electron chi connectivity index (χ3n) is 2.95. The van der Waals surface area contributed by atoms with Gasteiger partial charge >= 0.3 is 0 Å². The average Bonchev–Trinajstić information content (AvgIpc) is 2.76. The van der Waals surface area contributed by atoms with Crippen LogP contribution in [0.5, 0.6) is 0 Å². The molecule has 2 rings (SSSR count).